The zero-order valence-electron chi connectivity index (χ0n) is 20.6. The Morgan fingerprint density at radius 1 is 0.703 bits per heavy atom. The van der Waals surface area contributed by atoms with Crippen LogP contribution in [0.2, 0.25) is 0 Å². The van der Waals surface area contributed by atoms with Gasteiger partial charge in [-0.3, -0.25) is 0 Å². The lowest BCUT2D eigenvalue weighted by molar-refractivity contribution is -0.154. The van der Waals surface area contributed by atoms with Crippen LogP contribution >= 0.6 is 0 Å². The number of aliphatic hydroxyl groups is 1. The Hall–Kier alpha value is -4.09. The SMILES string of the molecule is O=C1OC[C@H](Cc2cccc(OCc3ccccc3)c2)[C@@]1(O)Cc1cccc(OCc2ccccc2)c1. The lowest BCUT2D eigenvalue weighted by Gasteiger charge is -2.26. The maximum atomic E-state index is 12.7. The summed E-state index contributed by atoms with van der Waals surface area (Å²) in [5.74, 6) is 0.484. The summed E-state index contributed by atoms with van der Waals surface area (Å²) in [7, 11) is 0. The van der Waals surface area contributed by atoms with E-state index in [-0.39, 0.29) is 18.9 Å². The molecule has 0 aromatic heterocycles. The monoisotopic (exact) mass is 494 g/mol. The van der Waals surface area contributed by atoms with Crippen LogP contribution in [0.5, 0.6) is 11.5 Å². The number of carbonyl (C=O) groups is 1. The molecule has 0 spiro atoms. The number of benzene rings is 4. The molecule has 0 saturated carbocycles. The van der Waals surface area contributed by atoms with Gasteiger partial charge in [-0.05, 0) is 52.9 Å². The maximum Gasteiger partial charge on any atom is 0.338 e. The van der Waals surface area contributed by atoms with Crippen LogP contribution in [0.3, 0.4) is 0 Å². The largest absolute Gasteiger partial charge is 0.489 e. The van der Waals surface area contributed by atoms with Crippen molar-refractivity contribution in [1.29, 1.82) is 0 Å². The van der Waals surface area contributed by atoms with E-state index < -0.39 is 11.6 Å². The Labute approximate surface area is 217 Å². The summed E-state index contributed by atoms with van der Waals surface area (Å²) in [5.41, 5.74) is 2.34. The third-order valence-electron chi connectivity index (χ3n) is 6.69. The predicted molar refractivity (Wildman–Crippen MR) is 141 cm³/mol. The lowest BCUT2D eigenvalue weighted by atomic mass is 9.81. The van der Waals surface area contributed by atoms with Crippen molar-refractivity contribution in [2.45, 2.75) is 31.7 Å². The molecule has 2 atom stereocenters. The second-order valence-electron chi connectivity index (χ2n) is 9.44. The van der Waals surface area contributed by atoms with Gasteiger partial charge in [0.2, 0.25) is 0 Å². The van der Waals surface area contributed by atoms with Gasteiger partial charge in [-0.1, -0.05) is 84.9 Å². The first-order valence-electron chi connectivity index (χ1n) is 12.5. The highest BCUT2D eigenvalue weighted by atomic mass is 16.6. The van der Waals surface area contributed by atoms with Crippen LogP contribution in [0.4, 0.5) is 0 Å². The van der Waals surface area contributed by atoms with Gasteiger partial charge >= 0.3 is 5.97 Å². The smallest absolute Gasteiger partial charge is 0.338 e. The summed E-state index contributed by atoms with van der Waals surface area (Å²) in [6.45, 7) is 1.10. The van der Waals surface area contributed by atoms with Crippen LogP contribution in [0.1, 0.15) is 22.3 Å². The second-order valence-corrected chi connectivity index (χ2v) is 9.44. The van der Waals surface area contributed by atoms with Gasteiger partial charge in [0.05, 0.1) is 6.61 Å². The van der Waals surface area contributed by atoms with Crippen LogP contribution in [-0.4, -0.2) is 23.3 Å². The molecule has 0 radical (unpaired) electrons. The van der Waals surface area contributed by atoms with Crippen molar-refractivity contribution >= 4 is 5.97 Å². The van der Waals surface area contributed by atoms with Gasteiger partial charge in [-0.15, -0.1) is 0 Å². The number of ether oxygens (including phenoxy) is 3. The van der Waals surface area contributed by atoms with Crippen molar-refractivity contribution in [1.82, 2.24) is 0 Å². The number of hydrogen-bond acceptors (Lipinski definition) is 5. The summed E-state index contributed by atoms with van der Waals surface area (Å²) in [6.07, 6.45) is 0.651. The van der Waals surface area contributed by atoms with E-state index in [1.54, 1.807) is 0 Å². The van der Waals surface area contributed by atoms with Crippen LogP contribution in [-0.2, 0) is 35.6 Å². The average Bonchev–Trinajstić information content (AvgIpc) is 3.20. The highest BCUT2D eigenvalue weighted by Crippen LogP contribution is 2.34. The number of carbonyl (C=O) groups excluding carboxylic acids is 1. The highest BCUT2D eigenvalue weighted by Gasteiger charge is 2.51. The maximum absolute atomic E-state index is 12.7. The molecule has 1 aliphatic rings. The molecule has 1 saturated heterocycles. The molecule has 0 aliphatic carbocycles. The van der Waals surface area contributed by atoms with E-state index in [1.165, 1.54) is 0 Å². The summed E-state index contributed by atoms with van der Waals surface area (Å²) in [6, 6.07) is 35.2. The summed E-state index contributed by atoms with van der Waals surface area (Å²) in [4.78, 5) is 12.7. The number of cyclic esters (lactones) is 1. The van der Waals surface area contributed by atoms with Crippen molar-refractivity contribution in [3.05, 3.63) is 131 Å². The third-order valence-corrected chi connectivity index (χ3v) is 6.69. The molecule has 0 bridgehead atoms. The molecule has 5 nitrogen and oxygen atoms in total. The Morgan fingerprint density at radius 2 is 1.22 bits per heavy atom. The van der Waals surface area contributed by atoms with Crippen molar-refractivity contribution in [2.24, 2.45) is 5.92 Å². The topological polar surface area (TPSA) is 65.0 Å². The van der Waals surface area contributed by atoms with Gasteiger partial charge in [-0.25, -0.2) is 4.79 Å². The molecule has 1 N–H and O–H groups in total. The zero-order valence-corrected chi connectivity index (χ0v) is 20.6. The Balaban J connectivity index is 1.25. The Morgan fingerprint density at radius 3 is 1.81 bits per heavy atom. The molecular formula is C32H30O5. The van der Waals surface area contributed by atoms with Crippen molar-refractivity contribution in [3.8, 4) is 11.5 Å². The Kier molecular flexibility index (Phi) is 7.52. The minimum absolute atomic E-state index is 0.156. The first-order valence-corrected chi connectivity index (χ1v) is 12.5. The van der Waals surface area contributed by atoms with Gasteiger partial charge in [0.25, 0.3) is 0 Å². The molecule has 5 heteroatoms. The highest BCUT2D eigenvalue weighted by molar-refractivity contribution is 5.82. The van der Waals surface area contributed by atoms with Crippen LogP contribution < -0.4 is 9.47 Å². The fourth-order valence-corrected chi connectivity index (χ4v) is 4.64. The van der Waals surface area contributed by atoms with Crippen LogP contribution in [0.15, 0.2) is 109 Å². The minimum atomic E-state index is -1.61. The predicted octanol–water partition coefficient (Wildman–Crippen LogP) is 5.53. The first kappa shape index (κ1) is 24.6. The van der Waals surface area contributed by atoms with E-state index in [2.05, 4.69) is 0 Å². The van der Waals surface area contributed by atoms with Crippen LogP contribution in [0, 0.1) is 5.92 Å². The summed E-state index contributed by atoms with van der Waals surface area (Å²) < 4.78 is 17.2. The average molecular weight is 495 g/mol. The first-order chi connectivity index (χ1) is 18.1. The van der Waals surface area contributed by atoms with Crippen molar-refractivity contribution in [2.75, 3.05) is 6.61 Å². The standard InChI is InChI=1S/C32H30O5/c33-31-32(34,20-27-14-8-16-30(19-27)36-22-25-11-5-2-6-12-25)28(23-37-31)17-26-13-7-15-29(18-26)35-21-24-9-3-1-4-10-24/h1-16,18-19,28,34H,17,20-23H2/t28-,32-/m0/s1. The number of rotatable bonds is 10. The molecular weight excluding hydrogens is 464 g/mol. The van der Waals surface area contributed by atoms with E-state index in [0.29, 0.717) is 25.4 Å². The van der Waals surface area contributed by atoms with Gasteiger partial charge in [-0.2, -0.15) is 0 Å². The van der Waals surface area contributed by atoms with Gasteiger partial charge in [0.15, 0.2) is 5.60 Å². The molecule has 37 heavy (non-hydrogen) atoms. The normalized spacial score (nSPS) is 18.8. The van der Waals surface area contributed by atoms with Crippen molar-refractivity contribution in [3.63, 3.8) is 0 Å². The molecule has 1 heterocycles. The van der Waals surface area contributed by atoms with Crippen LogP contribution in [0.25, 0.3) is 0 Å². The molecule has 0 unspecified atom stereocenters. The number of hydrogen-bond donors (Lipinski definition) is 1. The molecule has 4 aromatic rings. The molecule has 0 amide bonds. The molecule has 4 aromatic carbocycles. The van der Waals surface area contributed by atoms with E-state index in [1.807, 2.05) is 109 Å². The fourth-order valence-electron chi connectivity index (χ4n) is 4.64. The second kappa shape index (κ2) is 11.3. The van der Waals surface area contributed by atoms with E-state index in [4.69, 9.17) is 14.2 Å². The van der Waals surface area contributed by atoms with E-state index in [9.17, 15) is 9.90 Å². The van der Waals surface area contributed by atoms with Crippen molar-refractivity contribution < 1.29 is 24.1 Å². The molecule has 1 fully saturated rings. The van der Waals surface area contributed by atoms with Gasteiger partial charge in [0.1, 0.15) is 24.7 Å². The Bertz CT molecular complexity index is 1320. The molecule has 188 valence electrons. The number of esters is 1. The van der Waals surface area contributed by atoms with E-state index in [0.717, 1.165) is 28.0 Å². The quantitative estimate of drug-likeness (QED) is 0.294. The summed E-state index contributed by atoms with van der Waals surface area (Å²) in [5, 5.41) is 11.5. The van der Waals surface area contributed by atoms with E-state index >= 15 is 0 Å². The van der Waals surface area contributed by atoms with Gasteiger partial charge < -0.3 is 19.3 Å². The lowest BCUT2D eigenvalue weighted by Crippen LogP contribution is -2.44. The van der Waals surface area contributed by atoms with Gasteiger partial charge in [0, 0.05) is 12.3 Å². The molecule has 1 aliphatic heterocycles. The third kappa shape index (κ3) is 6.19. The molecule has 5 rings (SSSR count). The zero-order chi connectivity index (χ0) is 25.5. The minimum Gasteiger partial charge on any atom is -0.489 e. The summed E-state index contributed by atoms with van der Waals surface area (Å²) >= 11 is 0. The fraction of sp³-hybridized carbons (Fsp3) is 0.219.